The summed E-state index contributed by atoms with van der Waals surface area (Å²) in [6, 6.07) is 4.60. The lowest BCUT2D eigenvalue weighted by atomic mass is 10.2. The molecular weight excluding hydrogens is 411 g/mol. The Hall–Kier alpha value is -0.700. The van der Waals surface area contributed by atoms with Crippen LogP contribution in [0.3, 0.4) is 0 Å². The van der Waals surface area contributed by atoms with E-state index < -0.39 is 0 Å². The normalized spacial score (nSPS) is 20.5. The monoisotopic (exact) mass is 434 g/mol. The molecule has 4 heterocycles. The zero-order chi connectivity index (χ0) is 16.5. The first-order valence-electron chi connectivity index (χ1n) is 8.48. The number of hydrogen-bond donors (Lipinski definition) is 1. The number of piperazine rings is 1. The van der Waals surface area contributed by atoms with Crippen molar-refractivity contribution in [1.82, 2.24) is 20.1 Å². The highest BCUT2D eigenvalue weighted by Gasteiger charge is 2.32. The van der Waals surface area contributed by atoms with Crippen LogP contribution in [0.25, 0.3) is 9.88 Å². The molecule has 1 N–H and O–H groups in total. The number of aromatic nitrogens is 1. The van der Waals surface area contributed by atoms with Crippen molar-refractivity contribution in [3.05, 3.63) is 28.1 Å². The van der Waals surface area contributed by atoms with Crippen LogP contribution in [0.15, 0.2) is 17.5 Å². The molecule has 9 heteroatoms. The molecule has 1 amide bonds. The molecule has 5 nitrogen and oxygen atoms in total. The molecule has 2 saturated heterocycles. The molecular formula is C17H24Cl2N4OS2. The van der Waals surface area contributed by atoms with Crippen molar-refractivity contribution in [3.8, 4) is 9.88 Å². The second-order valence-corrected chi connectivity index (χ2v) is 8.34. The van der Waals surface area contributed by atoms with Gasteiger partial charge in [-0.25, -0.2) is 4.98 Å². The minimum absolute atomic E-state index is 0. The van der Waals surface area contributed by atoms with E-state index in [2.05, 4.69) is 21.3 Å². The molecule has 2 aromatic rings. The molecule has 2 aliphatic heterocycles. The van der Waals surface area contributed by atoms with Gasteiger partial charge in [-0.3, -0.25) is 9.69 Å². The van der Waals surface area contributed by atoms with Crippen molar-refractivity contribution in [2.24, 2.45) is 0 Å². The SMILES string of the molecule is Cc1nc(-c2cccs2)sc1C(=O)N1CCC(N2CCNCC2)C1.Cl.Cl. The molecule has 2 aliphatic rings. The molecule has 0 aliphatic carbocycles. The van der Waals surface area contributed by atoms with Gasteiger partial charge in [0, 0.05) is 45.3 Å². The van der Waals surface area contributed by atoms with Gasteiger partial charge in [0.1, 0.15) is 9.88 Å². The van der Waals surface area contributed by atoms with Crippen LogP contribution < -0.4 is 5.32 Å². The van der Waals surface area contributed by atoms with Crippen molar-refractivity contribution in [3.63, 3.8) is 0 Å². The van der Waals surface area contributed by atoms with E-state index in [0.717, 1.165) is 66.1 Å². The van der Waals surface area contributed by atoms with Gasteiger partial charge in [0.2, 0.25) is 0 Å². The Balaban J connectivity index is 0.00000121. The molecule has 0 radical (unpaired) electrons. The van der Waals surface area contributed by atoms with Crippen LogP contribution in [-0.4, -0.2) is 66.0 Å². The van der Waals surface area contributed by atoms with Gasteiger partial charge in [0.15, 0.2) is 0 Å². The van der Waals surface area contributed by atoms with Crippen LogP contribution in [0.4, 0.5) is 0 Å². The molecule has 0 aromatic carbocycles. The highest BCUT2D eigenvalue weighted by molar-refractivity contribution is 7.22. The van der Waals surface area contributed by atoms with E-state index in [4.69, 9.17) is 0 Å². The van der Waals surface area contributed by atoms with Crippen molar-refractivity contribution in [1.29, 1.82) is 0 Å². The fourth-order valence-electron chi connectivity index (χ4n) is 3.52. The Labute approximate surface area is 174 Å². The summed E-state index contributed by atoms with van der Waals surface area (Å²) in [4.78, 5) is 24.1. The number of amides is 1. The minimum atomic E-state index is 0. The maximum absolute atomic E-state index is 12.9. The lowest BCUT2D eigenvalue weighted by Crippen LogP contribution is -2.49. The van der Waals surface area contributed by atoms with E-state index >= 15 is 0 Å². The van der Waals surface area contributed by atoms with Crippen molar-refractivity contribution < 1.29 is 4.79 Å². The Morgan fingerprint density at radius 1 is 1.27 bits per heavy atom. The molecule has 0 saturated carbocycles. The standard InChI is InChI=1S/C17H22N4OS2.2ClH/c1-12-15(24-16(19-12)14-3-2-10-23-14)17(22)21-7-4-13(11-21)20-8-5-18-6-9-20;;/h2-3,10,13,18H,4-9,11H2,1H3;2*1H. The summed E-state index contributed by atoms with van der Waals surface area (Å²) in [5.41, 5.74) is 0.860. The highest BCUT2D eigenvalue weighted by atomic mass is 35.5. The van der Waals surface area contributed by atoms with E-state index in [9.17, 15) is 4.79 Å². The van der Waals surface area contributed by atoms with Gasteiger partial charge in [-0.15, -0.1) is 47.5 Å². The average molecular weight is 435 g/mol. The molecule has 4 rings (SSSR count). The number of thiazole rings is 1. The van der Waals surface area contributed by atoms with Crippen LogP contribution in [0, 0.1) is 6.92 Å². The largest absolute Gasteiger partial charge is 0.336 e. The molecule has 26 heavy (non-hydrogen) atoms. The summed E-state index contributed by atoms with van der Waals surface area (Å²) in [5, 5.41) is 6.40. The zero-order valence-corrected chi connectivity index (χ0v) is 17.9. The van der Waals surface area contributed by atoms with Gasteiger partial charge in [-0.2, -0.15) is 0 Å². The van der Waals surface area contributed by atoms with Crippen molar-refractivity contribution in [2.75, 3.05) is 39.3 Å². The maximum Gasteiger partial charge on any atom is 0.265 e. The fourth-order valence-corrected chi connectivity index (χ4v) is 5.35. The van der Waals surface area contributed by atoms with Crippen molar-refractivity contribution >= 4 is 53.4 Å². The smallest absolute Gasteiger partial charge is 0.265 e. The number of hydrogen-bond acceptors (Lipinski definition) is 6. The number of aryl methyl sites for hydroxylation is 1. The molecule has 0 bridgehead atoms. The van der Waals surface area contributed by atoms with E-state index in [0.29, 0.717) is 6.04 Å². The molecule has 2 aromatic heterocycles. The van der Waals surface area contributed by atoms with Gasteiger partial charge in [0.25, 0.3) is 5.91 Å². The van der Waals surface area contributed by atoms with E-state index in [1.807, 2.05) is 23.3 Å². The number of carbonyl (C=O) groups is 1. The summed E-state index contributed by atoms with van der Waals surface area (Å²) in [6.07, 6.45) is 1.08. The number of halogens is 2. The van der Waals surface area contributed by atoms with Gasteiger partial charge >= 0.3 is 0 Å². The summed E-state index contributed by atoms with van der Waals surface area (Å²) in [5.74, 6) is 0.158. The lowest BCUT2D eigenvalue weighted by Gasteiger charge is -2.32. The first kappa shape index (κ1) is 21.6. The van der Waals surface area contributed by atoms with Gasteiger partial charge in [0.05, 0.1) is 10.6 Å². The molecule has 2 fully saturated rings. The van der Waals surface area contributed by atoms with Crippen LogP contribution in [-0.2, 0) is 0 Å². The van der Waals surface area contributed by atoms with Gasteiger partial charge < -0.3 is 10.2 Å². The summed E-state index contributed by atoms with van der Waals surface area (Å²) < 4.78 is 0. The highest BCUT2D eigenvalue weighted by Crippen LogP contribution is 2.32. The Morgan fingerprint density at radius 3 is 2.73 bits per heavy atom. The van der Waals surface area contributed by atoms with Gasteiger partial charge in [-0.1, -0.05) is 6.07 Å². The first-order valence-corrected chi connectivity index (χ1v) is 10.2. The molecule has 144 valence electrons. The predicted octanol–water partition coefficient (Wildman–Crippen LogP) is 3.14. The van der Waals surface area contributed by atoms with Crippen molar-refractivity contribution in [2.45, 2.75) is 19.4 Å². The number of rotatable bonds is 3. The van der Waals surface area contributed by atoms with Crippen LogP contribution in [0.1, 0.15) is 21.8 Å². The quantitative estimate of drug-likeness (QED) is 0.805. The second-order valence-electron chi connectivity index (χ2n) is 6.39. The Kier molecular flexibility index (Phi) is 7.88. The predicted molar refractivity (Wildman–Crippen MR) is 113 cm³/mol. The number of thiophene rings is 1. The average Bonchev–Trinajstić information content (AvgIpc) is 3.35. The zero-order valence-electron chi connectivity index (χ0n) is 14.6. The first-order chi connectivity index (χ1) is 11.7. The molecule has 1 unspecified atom stereocenters. The van der Waals surface area contributed by atoms with Crippen LogP contribution in [0.5, 0.6) is 0 Å². The van der Waals surface area contributed by atoms with E-state index in [1.165, 1.54) is 11.3 Å². The number of nitrogens with zero attached hydrogens (tertiary/aromatic N) is 3. The third kappa shape index (κ3) is 4.40. The van der Waals surface area contributed by atoms with E-state index in [-0.39, 0.29) is 30.7 Å². The van der Waals surface area contributed by atoms with E-state index in [1.54, 1.807) is 11.3 Å². The van der Waals surface area contributed by atoms with Crippen LogP contribution in [0.2, 0.25) is 0 Å². The number of likely N-dealkylation sites (tertiary alicyclic amines) is 1. The Bertz CT molecular complexity index is 716. The minimum Gasteiger partial charge on any atom is -0.336 e. The maximum atomic E-state index is 12.9. The Morgan fingerprint density at radius 2 is 2.04 bits per heavy atom. The third-order valence-corrected chi connectivity index (χ3v) is 7.03. The number of nitrogens with one attached hydrogen (secondary N) is 1. The molecule has 0 spiro atoms. The summed E-state index contributed by atoms with van der Waals surface area (Å²) in [7, 11) is 0. The topological polar surface area (TPSA) is 48.5 Å². The summed E-state index contributed by atoms with van der Waals surface area (Å²) in [6.45, 7) is 7.96. The van der Waals surface area contributed by atoms with Crippen LogP contribution >= 0.6 is 47.5 Å². The second kappa shape index (κ2) is 9.48. The van der Waals surface area contributed by atoms with Gasteiger partial charge in [-0.05, 0) is 24.8 Å². The molecule has 1 atom stereocenters. The fraction of sp³-hybridized carbons (Fsp3) is 0.529. The summed E-state index contributed by atoms with van der Waals surface area (Å²) >= 11 is 3.21. The number of carbonyl (C=O) groups excluding carboxylic acids is 1. The third-order valence-electron chi connectivity index (χ3n) is 4.84. The lowest BCUT2D eigenvalue weighted by molar-refractivity contribution is 0.0777.